The van der Waals surface area contributed by atoms with E-state index in [0.717, 1.165) is 58.6 Å². The summed E-state index contributed by atoms with van der Waals surface area (Å²) in [6.07, 6.45) is -0.0182. The Morgan fingerprint density at radius 1 is 1.03 bits per heavy atom. The molecule has 1 amide bonds. The Bertz CT molecular complexity index is 1420. The minimum Gasteiger partial charge on any atom is -0.371 e. The predicted molar refractivity (Wildman–Crippen MR) is 146 cm³/mol. The number of benzene rings is 2. The molecule has 0 saturated carbocycles. The molecule has 0 unspecified atom stereocenters. The summed E-state index contributed by atoms with van der Waals surface area (Å²) in [7, 11) is 0. The van der Waals surface area contributed by atoms with Crippen molar-refractivity contribution in [3.05, 3.63) is 99.4 Å². The standard InChI is InChI=1S/C29H28BrF3N4O/c1-2-25-27(37-18-23(30)9-12-26(37)35-25)28(38)34-17-19-3-10-24(11-4-19)36-15-13-21(14-16-36)20-5-7-22(8-6-20)29(31,32)33/h3-12,18,21H,2,13-17H2,1H3,(H,34,38). The lowest BCUT2D eigenvalue weighted by atomic mass is 9.88. The number of piperidine rings is 1. The van der Waals surface area contributed by atoms with Crippen LogP contribution in [0.15, 0.2) is 71.3 Å². The first-order valence-electron chi connectivity index (χ1n) is 12.7. The van der Waals surface area contributed by atoms with E-state index in [0.29, 0.717) is 18.7 Å². The zero-order chi connectivity index (χ0) is 26.9. The van der Waals surface area contributed by atoms with Crippen LogP contribution in [0.2, 0.25) is 0 Å². The van der Waals surface area contributed by atoms with Crippen LogP contribution in [-0.4, -0.2) is 28.4 Å². The molecular weight excluding hydrogens is 557 g/mol. The molecule has 0 aliphatic carbocycles. The number of aryl methyl sites for hydroxylation is 1. The topological polar surface area (TPSA) is 49.6 Å². The fourth-order valence-corrected chi connectivity index (χ4v) is 5.40. The second-order valence-corrected chi connectivity index (χ2v) is 10.5. The van der Waals surface area contributed by atoms with Crippen molar-refractivity contribution in [3.63, 3.8) is 0 Å². The van der Waals surface area contributed by atoms with E-state index < -0.39 is 11.7 Å². The number of halogens is 4. The van der Waals surface area contributed by atoms with Crippen LogP contribution in [0.25, 0.3) is 5.65 Å². The van der Waals surface area contributed by atoms with E-state index in [1.54, 1.807) is 12.1 Å². The lowest BCUT2D eigenvalue weighted by Crippen LogP contribution is -2.32. The number of hydrogen-bond acceptors (Lipinski definition) is 3. The summed E-state index contributed by atoms with van der Waals surface area (Å²) in [4.78, 5) is 19.9. The second kappa shape index (κ2) is 10.8. The molecule has 1 fully saturated rings. The van der Waals surface area contributed by atoms with Crippen molar-refractivity contribution in [1.29, 1.82) is 0 Å². The van der Waals surface area contributed by atoms with Crippen molar-refractivity contribution >= 4 is 33.2 Å². The first kappa shape index (κ1) is 26.3. The van der Waals surface area contributed by atoms with Crippen LogP contribution in [-0.2, 0) is 19.1 Å². The zero-order valence-corrected chi connectivity index (χ0v) is 22.5. The van der Waals surface area contributed by atoms with Gasteiger partial charge in [0.25, 0.3) is 5.91 Å². The third-order valence-corrected chi connectivity index (χ3v) is 7.63. The Morgan fingerprint density at radius 3 is 2.34 bits per heavy atom. The quantitative estimate of drug-likeness (QED) is 0.265. The van der Waals surface area contributed by atoms with E-state index in [1.165, 1.54) is 12.1 Å². The smallest absolute Gasteiger partial charge is 0.371 e. The van der Waals surface area contributed by atoms with E-state index in [2.05, 4.69) is 43.3 Å². The number of rotatable bonds is 6. The van der Waals surface area contributed by atoms with Crippen molar-refractivity contribution in [2.75, 3.05) is 18.0 Å². The SMILES string of the molecule is CCc1nc2ccc(Br)cn2c1C(=O)NCc1ccc(N2CCC(c3ccc(C(F)(F)F)cc3)CC2)cc1. The van der Waals surface area contributed by atoms with Gasteiger partial charge in [0.2, 0.25) is 0 Å². The predicted octanol–water partition coefficient (Wildman–Crippen LogP) is 6.99. The molecule has 198 valence electrons. The number of nitrogens with one attached hydrogen (secondary N) is 1. The average Bonchev–Trinajstić information content (AvgIpc) is 3.29. The molecule has 1 aliphatic heterocycles. The van der Waals surface area contributed by atoms with E-state index >= 15 is 0 Å². The molecule has 5 rings (SSSR count). The molecule has 2 aromatic carbocycles. The fraction of sp³-hybridized carbons (Fsp3) is 0.310. The van der Waals surface area contributed by atoms with Gasteiger partial charge in [-0.05, 0) is 88.6 Å². The molecule has 1 saturated heterocycles. The van der Waals surface area contributed by atoms with Crippen molar-refractivity contribution in [2.24, 2.45) is 0 Å². The summed E-state index contributed by atoms with van der Waals surface area (Å²) in [5.41, 5.74) is 4.51. The van der Waals surface area contributed by atoms with E-state index in [9.17, 15) is 18.0 Å². The molecule has 1 N–H and O–H groups in total. The number of hydrogen-bond donors (Lipinski definition) is 1. The minimum absolute atomic E-state index is 0.165. The zero-order valence-electron chi connectivity index (χ0n) is 20.9. The summed E-state index contributed by atoms with van der Waals surface area (Å²) in [6, 6.07) is 17.5. The number of amides is 1. The number of nitrogens with zero attached hydrogens (tertiary/aromatic N) is 3. The molecule has 2 aromatic heterocycles. The van der Waals surface area contributed by atoms with Gasteiger partial charge in [-0.2, -0.15) is 13.2 Å². The summed E-state index contributed by atoms with van der Waals surface area (Å²) >= 11 is 3.46. The van der Waals surface area contributed by atoms with Crippen molar-refractivity contribution in [2.45, 2.75) is 44.8 Å². The molecular formula is C29H28BrF3N4O. The maximum absolute atomic E-state index is 13.1. The van der Waals surface area contributed by atoms with Gasteiger partial charge in [0.1, 0.15) is 11.3 Å². The highest BCUT2D eigenvalue weighted by molar-refractivity contribution is 9.10. The van der Waals surface area contributed by atoms with Crippen LogP contribution >= 0.6 is 15.9 Å². The molecule has 9 heteroatoms. The average molecular weight is 585 g/mol. The van der Waals surface area contributed by atoms with Crippen molar-refractivity contribution < 1.29 is 18.0 Å². The number of pyridine rings is 1. The molecule has 5 nitrogen and oxygen atoms in total. The number of imidazole rings is 1. The monoisotopic (exact) mass is 584 g/mol. The summed E-state index contributed by atoms with van der Waals surface area (Å²) in [5, 5.41) is 3.02. The maximum Gasteiger partial charge on any atom is 0.416 e. The lowest BCUT2D eigenvalue weighted by Gasteiger charge is -2.34. The first-order valence-corrected chi connectivity index (χ1v) is 13.5. The number of fused-ring (bicyclic) bond motifs is 1. The van der Waals surface area contributed by atoms with Crippen molar-refractivity contribution in [1.82, 2.24) is 14.7 Å². The first-order chi connectivity index (χ1) is 18.2. The summed E-state index contributed by atoms with van der Waals surface area (Å²) < 4.78 is 41.2. The largest absolute Gasteiger partial charge is 0.416 e. The molecule has 0 radical (unpaired) electrons. The normalized spacial score (nSPS) is 14.7. The van der Waals surface area contributed by atoms with Gasteiger partial charge < -0.3 is 10.2 Å². The maximum atomic E-state index is 13.1. The number of aromatic nitrogens is 2. The number of anilines is 1. The van der Waals surface area contributed by atoms with Gasteiger partial charge in [-0.1, -0.05) is 31.2 Å². The summed E-state index contributed by atoms with van der Waals surface area (Å²) in [5.74, 6) is 0.0955. The van der Waals surface area contributed by atoms with Gasteiger partial charge in [0, 0.05) is 36.0 Å². The molecule has 38 heavy (non-hydrogen) atoms. The lowest BCUT2D eigenvalue weighted by molar-refractivity contribution is -0.137. The molecule has 0 spiro atoms. The van der Waals surface area contributed by atoms with Crippen LogP contribution in [0.1, 0.15) is 58.6 Å². The third-order valence-electron chi connectivity index (χ3n) is 7.16. The minimum atomic E-state index is -4.30. The van der Waals surface area contributed by atoms with E-state index in [1.807, 2.05) is 41.8 Å². The third kappa shape index (κ3) is 5.57. The highest BCUT2D eigenvalue weighted by Gasteiger charge is 2.30. The number of carbonyl (C=O) groups excluding carboxylic acids is 1. The van der Waals surface area contributed by atoms with Crippen LogP contribution in [0, 0.1) is 0 Å². The fourth-order valence-electron chi connectivity index (χ4n) is 5.06. The number of alkyl halides is 3. The van der Waals surface area contributed by atoms with Crippen molar-refractivity contribution in [3.8, 4) is 0 Å². The van der Waals surface area contributed by atoms with E-state index in [-0.39, 0.29) is 11.8 Å². The summed E-state index contributed by atoms with van der Waals surface area (Å²) in [6.45, 7) is 4.06. The Hall–Kier alpha value is -3.33. The molecule has 1 aliphatic rings. The van der Waals surface area contributed by atoms with Gasteiger partial charge in [0.05, 0.1) is 11.3 Å². The van der Waals surface area contributed by atoms with Crippen LogP contribution in [0.4, 0.5) is 18.9 Å². The highest BCUT2D eigenvalue weighted by Crippen LogP contribution is 2.34. The Labute approximate surface area is 227 Å². The molecule has 0 atom stereocenters. The Morgan fingerprint density at radius 2 is 1.71 bits per heavy atom. The van der Waals surface area contributed by atoms with Gasteiger partial charge in [-0.25, -0.2) is 4.98 Å². The molecule has 0 bridgehead atoms. The molecule has 3 heterocycles. The van der Waals surface area contributed by atoms with Gasteiger partial charge in [-0.3, -0.25) is 9.20 Å². The Balaban J connectivity index is 1.17. The second-order valence-electron chi connectivity index (χ2n) is 9.57. The van der Waals surface area contributed by atoms with E-state index in [4.69, 9.17) is 0 Å². The highest BCUT2D eigenvalue weighted by atomic mass is 79.9. The van der Waals surface area contributed by atoms with Gasteiger partial charge in [-0.15, -0.1) is 0 Å². The Kier molecular flexibility index (Phi) is 7.47. The molecule has 4 aromatic rings. The number of carbonyl (C=O) groups is 1. The van der Waals surface area contributed by atoms with Crippen LogP contribution in [0.3, 0.4) is 0 Å². The van der Waals surface area contributed by atoms with Crippen LogP contribution in [0.5, 0.6) is 0 Å². The van der Waals surface area contributed by atoms with Gasteiger partial charge in [0.15, 0.2) is 0 Å². The van der Waals surface area contributed by atoms with Crippen LogP contribution < -0.4 is 10.2 Å². The van der Waals surface area contributed by atoms with Gasteiger partial charge >= 0.3 is 6.18 Å².